The Bertz CT molecular complexity index is 715. The maximum Gasteiger partial charge on any atom is 0.208 e. The average Bonchev–Trinajstić information content (AvgIpc) is 2.91. The van der Waals surface area contributed by atoms with Crippen LogP contribution in [0, 0.1) is 11.5 Å². The Morgan fingerprint density at radius 3 is 3.05 bits per heavy atom. The van der Waals surface area contributed by atoms with Gasteiger partial charge >= 0.3 is 0 Å². The summed E-state index contributed by atoms with van der Waals surface area (Å²) in [6, 6.07) is 9.98. The van der Waals surface area contributed by atoms with E-state index >= 15 is 0 Å². The number of aliphatic imine (C=N–C) groups is 1. The summed E-state index contributed by atoms with van der Waals surface area (Å²) in [5.41, 5.74) is 7.94. The molecular formula is C15H16N6S. The summed E-state index contributed by atoms with van der Waals surface area (Å²) in [5.74, 6) is 0.601. The maximum atomic E-state index is 8.97. The summed E-state index contributed by atoms with van der Waals surface area (Å²) >= 11 is 1.50. The highest BCUT2D eigenvalue weighted by Crippen LogP contribution is 2.26. The molecule has 2 heterocycles. The third kappa shape index (κ3) is 3.18. The van der Waals surface area contributed by atoms with Gasteiger partial charge in [0.25, 0.3) is 0 Å². The fraction of sp³-hybridized carbons (Fsp3) is 0.267. The molecule has 0 saturated carbocycles. The smallest absolute Gasteiger partial charge is 0.208 e. The van der Waals surface area contributed by atoms with E-state index in [0.29, 0.717) is 24.2 Å². The molecule has 0 saturated heterocycles. The Kier molecular flexibility index (Phi) is 4.21. The zero-order valence-corrected chi connectivity index (χ0v) is 12.8. The van der Waals surface area contributed by atoms with Gasteiger partial charge in [0.2, 0.25) is 5.96 Å². The lowest BCUT2D eigenvalue weighted by Crippen LogP contribution is -2.42. The van der Waals surface area contributed by atoms with Crippen LogP contribution in [-0.4, -0.2) is 22.4 Å². The minimum absolute atomic E-state index is 0.541. The molecule has 0 amide bonds. The number of anilines is 1. The van der Waals surface area contributed by atoms with Gasteiger partial charge in [-0.05, 0) is 5.56 Å². The van der Waals surface area contributed by atoms with Crippen LogP contribution in [0.25, 0.3) is 0 Å². The van der Waals surface area contributed by atoms with Crippen molar-refractivity contribution < 1.29 is 0 Å². The Labute approximate surface area is 132 Å². The van der Waals surface area contributed by atoms with Crippen LogP contribution < -0.4 is 11.1 Å². The van der Waals surface area contributed by atoms with Crippen molar-refractivity contribution in [3.63, 3.8) is 0 Å². The van der Waals surface area contributed by atoms with Crippen molar-refractivity contribution in [3.05, 3.63) is 46.5 Å². The molecule has 22 heavy (non-hydrogen) atoms. The van der Waals surface area contributed by atoms with Crippen LogP contribution in [0.4, 0.5) is 5.13 Å². The van der Waals surface area contributed by atoms with E-state index in [1.807, 2.05) is 36.5 Å². The molecule has 0 unspecified atom stereocenters. The first kappa shape index (κ1) is 14.4. The molecule has 1 aliphatic heterocycles. The number of hydrogen-bond acceptors (Lipinski definition) is 5. The van der Waals surface area contributed by atoms with Gasteiger partial charge in [0, 0.05) is 17.8 Å². The molecule has 2 aromatic rings. The average molecular weight is 312 g/mol. The van der Waals surface area contributed by atoms with Gasteiger partial charge in [0.05, 0.1) is 18.8 Å². The van der Waals surface area contributed by atoms with Gasteiger partial charge in [-0.1, -0.05) is 30.3 Å². The molecule has 0 fully saturated rings. The number of nitrogens with zero attached hydrogens (tertiary/aromatic N) is 4. The van der Waals surface area contributed by atoms with Crippen LogP contribution in [0.5, 0.6) is 0 Å². The Morgan fingerprint density at radius 2 is 2.27 bits per heavy atom. The summed E-state index contributed by atoms with van der Waals surface area (Å²) in [4.78, 5) is 12.1. The predicted molar refractivity (Wildman–Crippen MR) is 87.0 cm³/mol. The number of nitrogen functional groups attached to an aromatic ring is 1. The number of rotatable bonds is 2. The standard InChI is InChI=1S/C15H16N6S/c16-10-19-15(18-8-11-4-2-1-3-5-11)21-7-6-12-13(9-21)22-14(17)20-12/h1-5H,6-9H2,(H2,17,20)(H,18,19). The van der Waals surface area contributed by atoms with Gasteiger partial charge in [0.15, 0.2) is 11.3 Å². The van der Waals surface area contributed by atoms with Crippen LogP contribution in [0.3, 0.4) is 0 Å². The van der Waals surface area contributed by atoms with E-state index in [9.17, 15) is 0 Å². The molecule has 112 valence electrons. The van der Waals surface area contributed by atoms with Crippen LogP contribution >= 0.6 is 11.3 Å². The predicted octanol–water partition coefficient (Wildman–Crippen LogP) is 1.71. The van der Waals surface area contributed by atoms with Crippen LogP contribution in [0.1, 0.15) is 16.1 Å². The molecule has 0 spiro atoms. The zero-order valence-electron chi connectivity index (χ0n) is 12.0. The molecule has 6 nitrogen and oxygen atoms in total. The Morgan fingerprint density at radius 1 is 1.45 bits per heavy atom. The molecule has 1 aliphatic rings. The van der Waals surface area contributed by atoms with Gasteiger partial charge in [-0.15, -0.1) is 11.3 Å². The highest BCUT2D eigenvalue weighted by molar-refractivity contribution is 7.15. The van der Waals surface area contributed by atoms with Crippen LogP contribution in [-0.2, 0) is 19.5 Å². The fourth-order valence-corrected chi connectivity index (χ4v) is 3.31. The van der Waals surface area contributed by atoms with Crippen molar-refractivity contribution in [1.29, 1.82) is 5.26 Å². The van der Waals surface area contributed by atoms with E-state index in [1.54, 1.807) is 0 Å². The molecule has 1 aromatic carbocycles. The normalized spacial score (nSPS) is 14.3. The maximum absolute atomic E-state index is 8.97. The number of nitrogens with one attached hydrogen (secondary N) is 1. The van der Waals surface area contributed by atoms with Crippen molar-refractivity contribution in [2.45, 2.75) is 19.5 Å². The van der Waals surface area contributed by atoms with Crippen molar-refractivity contribution in [1.82, 2.24) is 15.2 Å². The van der Waals surface area contributed by atoms with Gasteiger partial charge in [0.1, 0.15) is 0 Å². The number of fused-ring (bicyclic) bond motifs is 1. The molecule has 0 aliphatic carbocycles. The number of nitrogens with two attached hydrogens (primary N) is 1. The summed E-state index contributed by atoms with van der Waals surface area (Å²) in [7, 11) is 0. The largest absolute Gasteiger partial charge is 0.375 e. The summed E-state index contributed by atoms with van der Waals surface area (Å²) in [5, 5.41) is 12.3. The first-order valence-electron chi connectivity index (χ1n) is 6.98. The molecule has 3 rings (SSSR count). The van der Waals surface area contributed by atoms with Crippen molar-refractivity contribution in [2.75, 3.05) is 12.3 Å². The first-order chi connectivity index (χ1) is 10.8. The quantitative estimate of drug-likeness (QED) is 0.381. The second kappa shape index (κ2) is 6.45. The summed E-state index contributed by atoms with van der Waals surface area (Å²) in [6.45, 7) is 2.00. The minimum Gasteiger partial charge on any atom is -0.375 e. The SMILES string of the molecule is N#CNC(=NCc1ccccc1)N1CCc2nc(N)sc2C1. The highest BCUT2D eigenvalue weighted by atomic mass is 32.1. The minimum atomic E-state index is 0.541. The second-order valence-electron chi connectivity index (χ2n) is 4.96. The first-order valence-corrected chi connectivity index (χ1v) is 7.80. The highest BCUT2D eigenvalue weighted by Gasteiger charge is 2.22. The molecular weight excluding hydrogens is 296 g/mol. The molecule has 7 heteroatoms. The van der Waals surface area contributed by atoms with Gasteiger partial charge < -0.3 is 10.6 Å². The lowest BCUT2D eigenvalue weighted by molar-refractivity contribution is 0.385. The van der Waals surface area contributed by atoms with Crippen molar-refractivity contribution in [2.24, 2.45) is 4.99 Å². The fourth-order valence-electron chi connectivity index (χ4n) is 2.41. The van der Waals surface area contributed by atoms with E-state index in [-0.39, 0.29) is 0 Å². The molecule has 1 aromatic heterocycles. The van der Waals surface area contributed by atoms with E-state index in [1.165, 1.54) is 11.3 Å². The number of nitriles is 1. The van der Waals surface area contributed by atoms with Gasteiger partial charge in [-0.25, -0.2) is 9.98 Å². The van der Waals surface area contributed by atoms with Crippen LogP contribution in [0.15, 0.2) is 35.3 Å². The van der Waals surface area contributed by atoms with E-state index < -0.39 is 0 Å². The van der Waals surface area contributed by atoms with E-state index in [4.69, 9.17) is 11.0 Å². The number of benzene rings is 1. The number of aromatic nitrogens is 1. The third-order valence-corrected chi connectivity index (χ3v) is 4.38. The molecule has 0 atom stereocenters. The Hall–Kier alpha value is -2.59. The molecule has 0 bridgehead atoms. The lowest BCUT2D eigenvalue weighted by Gasteiger charge is -2.28. The second-order valence-corrected chi connectivity index (χ2v) is 6.07. The Balaban J connectivity index is 1.76. The molecule has 0 radical (unpaired) electrons. The van der Waals surface area contributed by atoms with Crippen LogP contribution in [0.2, 0.25) is 0 Å². The monoisotopic (exact) mass is 312 g/mol. The zero-order chi connectivity index (χ0) is 15.4. The van der Waals surface area contributed by atoms with E-state index in [2.05, 4.69) is 20.2 Å². The summed E-state index contributed by atoms with van der Waals surface area (Å²) in [6.07, 6.45) is 2.79. The van der Waals surface area contributed by atoms with Crippen molar-refractivity contribution >= 4 is 22.4 Å². The molecule has 3 N–H and O–H groups in total. The van der Waals surface area contributed by atoms with E-state index in [0.717, 1.165) is 29.1 Å². The van der Waals surface area contributed by atoms with Gasteiger partial charge in [-0.3, -0.25) is 5.32 Å². The number of guanidine groups is 1. The summed E-state index contributed by atoms with van der Waals surface area (Å²) < 4.78 is 0. The third-order valence-electron chi connectivity index (χ3n) is 3.47. The number of hydrogen-bond donors (Lipinski definition) is 2. The van der Waals surface area contributed by atoms with Crippen molar-refractivity contribution in [3.8, 4) is 6.19 Å². The van der Waals surface area contributed by atoms with Gasteiger partial charge in [-0.2, -0.15) is 5.26 Å². The topological polar surface area (TPSA) is 90.3 Å². The number of thiazole rings is 1. The lowest BCUT2D eigenvalue weighted by atomic mass is 10.2.